The number of hydrogen-bond donors (Lipinski definition) is 1. The third kappa shape index (κ3) is 5.51. The summed E-state index contributed by atoms with van der Waals surface area (Å²) in [5, 5.41) is 14.1. The Morgan fingerprint density at radius 1 is 1.09 bits per heavy atom. The monoisotopic (exact) mass is 480 g/mol. The highest BCUT2D eigenvalue weighted by Gasteiger charge is 2.26. The van der Waals surface area contributed by atoms with Gasteiger partial charge in [-0.2, -0.15) is 0 Å². The molecular weight excluding hydrogens is 452 g/mol. The molecule has 3 rings (SSSR count). The van der Waals surface area contributed by atoms with Crippen LogP contribution >= 0.6 is 11.3 Å². The molecule has 8 heteroatoms. The molecule has 1 N–H and O–H groups in total. The molecule has 0 radical (unpaired) electrons. The van der Waals surface area contributed by atoms with Crippen molar-refractivity contribution in [3.05, 3.63) is 80.2 Å². The van der Waals surface area contributed by atoms with Gasteiger partial charge in [0.05, 0.1) is 11.5 Å². The van der Waals surface area contributed by atoms with Crippen molar-refractivity contribution < 1.29 is 19.2 Å². The molecule has 34 heavy (non-hydrogen) atoms. The molecule has 0 aliphatic rings. The molecule has 0 spiro atoms. The Morgan fingerprint density at radius 3 is 2.29 bits per heavy atom. The van der Waals surface area contributed by atoms with Crippen LogP contribution in [0.1, 0.15) is 70.7 Å². The molecule has 3 aromatic rings. The van der Waals surface area contributed by atoms with Crippen LogP contribution in [0.3, 0.4) is 0 Å². The lowest BCUT2D eigenvalue weighted by atomic mass is 9.94. The zero-order valence-electron chi connectivity index (χ0n) is 19.7. The number of nitrogens with one attached hydrogen (secondary N) is 1. The normalized spacial score (nSPS) is 11.6. The number of carbonyl (C=O) groups excluding carboxylic acids is 2. The zero-order valence-corrected chi connectivity index (χ0v) is 20.5. The quantitative estimate of drug-likeness (QED) is 0.203. The third-order valence-electron chi connectivity index (χ3n) is 5.67. The van der Waals surface area contributed by atoms with Crippen molar-refractivity contribution in [3.63, 3.8) is 0 Å². The molecule has 0 unspecified atom stereocenters. The second-order valence-electron chi connectivity index (χ2n) is 8.06. The second kappa shape index (κ2) is 11.1. The van der Waals surface area contributed by atoms with Gasteiger partial charge in [-0.15, -0.1) is 11.3 Å². The Kier molecular flexibility index (Phi) is 8.17. The van der Waals surface area contributed by atoms with Gasteiger partial charge in [-0.25, -0.2) is 4.79 Å². The van der Waals surface area contributed by atoms with Crippen molar-refractivity contribution >= 4 is 33.9 Å². The van der Waals surface area contributed by atoms with E-state index in [0.29, 0.717) is 22.9 Å². The van der Waals surface area contributed by atoms with Crippen molar-refractivity contribution in [3.8, 4) is 11.1 Å². The largest absolute Gasteiger partial charge is 0.462 e. The minimum atomic E-state index is -0.523. The highest BCUT2D eigenvalue weighted by atomic mass is 32.1. The maximum Gasteiger partial charge on any atom is 0.341 e. The lowest BCUT2D eigenvalue weighted by Crippen LogP contribution is -2.15. The van der Waals surface area contributed by atoms with E-state index in [1.165, 1.54) is 41.2 Å². The molecule has 7 nitrogen and oxygen atoms in total. The predicted octanol–water partition coefficient (Wildman–Crippen LogP) is 6.96. The summed E-state index contributed by atoms with van der Waals surface area (Å²) in [5.41, 5.74) is 3.31. The van der Waals surface area contributed by atoms with Gasteiger partial charge in [-0.1, -0.05) is 45.0 Å². The maximum absolute atomic E-state index is 13.0. The average Bonchev–Trinajstić information content (AvgIpc) is 3.17. The van der Waals surface area contributed by atoms with Gasteiger partial charge in [0.15, 0.2) is 0 Å². The fourth-order valence-corrected chi connectivity index (χ4v) is 4.63. The van der Waals surface area contributed by atoms with E-state index in [-0.39, 0.29) is 17.9 Å². The minimum absolute atomic E-state index is 0.101. The number of esters is 1. The van der Waals surface area contributed by atoms with Gasteiger partial charge in [0.2, 0.25) is 0 Å². The zero-order chi connectivity index (χ0) is 24.8. The van der Waals surface area contributed by atoms with Crippen LogP contribution in [0.25, 0.3) is 11.1 Å². The van der Waals surface area contributed by atoms with E-state index in [0.717, 1.165) is 22.4 Å². The Morgan fingerprint density at radius 2 is 1.74 bits per heavy atom. The van der Waals surface area contributed by atoms with Crippen LogP contribution in [0.15, 0.2) is 48.5 Å². The number of benzene rings is 2. The molecule has 1 heterocycles. The average molecular weight is 481 g/mol. The van der Waals surface area contributed by atoms with Crippen LogP contribution in [0.2, 0.25) is 0 Å². The number of non-ortho nitro benzene ring substituents is 1. The number of nitrogens with zero attached hydrogens (tertiary/aromatic N) is 1. The number of carbonyl (C=O) groups is 2. The molecule has 0 saturated carbocycles. The molecule has 0 saturated heterocycles. The second-order valence-corrected chi connectivity index (χ2v) is 9.29. The number of aryl methyl sites for hydroxylation is 1. The minimum Gasteiger partial charge on any atom is -0.462 e. The lowest BCUT2D eigenvalue weighted by Gasteiger charge is -2.12. The number of anilines is 1. The summed E-state index contributed by atoms with van der Waals surface area (Å²) in [7, 11) is 0. The Hall–Kier alpha value is -3.52. The molecule has 2 aromatic carbocycles. The van der Waals surface area contributed by atoms with Crippen LogP contribution < -0.4 is 5.32 Å². The first-order valence-electron chi connectivity index (χ1n) is 11.2. The molecule has 178 valence electrons. The number of nitro benzene ring substituents is 1. The summed E-state index contributed by atoms with van der Waals surface area (Å²) in [6.07, 6.45) is 1.71. The van der Waals surface area contributed by atoms with E-state index >= 15 is 0 Å². The Bertz CT molecular complexity index is 1180. The van der Waals surface area contributed by atoms with Gasteiger partial charge in [-0.3, -0.25) is 14.9 Å². The van der Waals surface area contributed by atoms with E-state index in [4.69, 9.17) is 4.74 Å². The fraction of sp³-hybridized carbons (Fsp3) is 0.308. The summed E-state index contributed by atoms with van der Waals surface area (Å²) in [6.45, 7) is 8.40. The van der Waals surface area contributed by atoms with Crippen LogP contribution in [0.4, 0.5) is 10.7 Å². The van der Waals surface area contributed by atoms with Gasteiger partial charge in [-0.05, 0) is 48.9 Å². The van der Waals surface area contributed by atoms with E-state index in [2.05, 4.69) is 31.3 Å². The van der Waals surface area contributed by atoms with E-state index in [1.807, 2.05) is 26.0 Å². The molecular formula is C26H28N2O5S. The molecule has 0 bridgehead atoms. The molecule has 1 amide bonds. The van der Waals surface area contributed by atoms with Gasteiger partial charge in [0.25, 0.3) is 11.6 Å². The number of hydrogen-bond acceptors (Lipinski definition) is 6. The van der Waals surface area contributed by atoms with Crippen molar-refractivity contribution in [2.24, 2.45) is 0 Å². The predicted molar refractivity (Wildman–Crippen MR) is 135 cm³/mol. The van der Waals surface area contributed by atoms with Crippen molar-refractivity contribution in [2.45, 2.75) is 46.5 Å². The topological polar surface area (TPSA) is 98.5 Å². The molecule has 0 aliphatic carbocycles. The van der Waals surface area contributed by atoms with Gasteiger partial charge in [0.1, 0.15) is 10.6 Å². The van der Waals surface area contributed by atoms with Crippen molar-refractivity contribution in [1.82, 2.24) is 0 Å². The highest BCUT2D eigenvalue weighted by Crippen LogP contribution is 2.41. The SMILES string of the molecule is CCCOC(=O)c1c(NC(=O)c2ccc([N+](=O)[O-])cc2)sc(C)c1-c1ccc([C@@H](C)CC)cc1. The number of nitro groups is 1. The maximum atomic E-state index is 13.0. The van der Waals surface area contributed by atoms with E-state index in [1.54, 1.807) is 0 Å². The first kappa shape index (κ1) is 25.1. The molecule has 1 aromatic heterocycles. The number of rotatable bonds is 9. The van der Waals surface area contributed by atoms with Crippen molar-refractivity contribution in [2.75, 3.05) is 11.9 Å². The summed E-state index contributed by atoms with van der Waals surface area (Å²) in [4.78, 5) is 37.2. The van der Waals surface area contributed by atoms with Crippen LogP contribution in [0, 0.1) is 17.0 Å². The Balaban J connectivity index is 1.99. The van der Waals surface area contributed by atoms with Gasteiger partial charge >= 0.3 is 5.97 Å². The summed E-state index contributed by atoms with van der Waals surface area (Å²) in [5.74, 6) is -0.520. The lowest BCUT2D eigenvalue weighted by molar-refractivity contribution is -0.384. The van der Waals surface area contributed by atoms with Gasteiger partial charge in [0, 0.05) is 28.1 Å². The summed E-state index contributed by atoms with van der Waals surface area (Å²) < 4.78 is 5.44. The van der Waals surface area contributed by atoms with Crippen LogP contribution in [-0.2, 0) is 4.74 Å². The first-order chi connectivity index (χ1) is 16.3. The number of ether oxygens (including phenoxy) is 1. The van der Waals surface area contributed by atoms with Crippen LogP contribution in [-0.4, -0.2) is 23.4 Å². The molecule has 0 fully saturated rings. The third-order valence-corrected chi connectivity index (χ3v) is 6.69. The highest BCUT2D eigenvalue weighted by molar-refractivity contribution is 7.17. The number of thiophene rings is 1. The van der Waals surface area contributed by atoms with Gasteiger partial charge < -0.3 is 10.1 Å². The fourth-order valence-electron chi connectivity index (χ4n) is 3.57. The summed E-state index contributed by atoms with van der Waals surface area (Å²) >= 11 is 1.30. The van der Waals surface area contributed by atoms with E-state index in [9.17, 15) is 19.7 Å². The summed E-state index contributed by atoms with van der Waals surface area (Å²) in [6, 6.07) is 13.4. The standard InChI is InChI=1S/C26H28N2O5S/c1-5-15-33-26(30)23-22(19-9-7-18(8-10-19)16(3)6-2)17(4)34-25(23)27-24(29)20-11-13-21(14-12-20)28(31)32/h7-14,16H,5-6,15H2,1-4H3,(H,27,29)/t16-/m0/s1. The smallest absolute Gasteiger partial charge is 0.341 e. The van der Waals surface area contributed by atoms with E-state index < -0.39 is 16.8 Å². The number of amides is 1. The van der Waals surface area contributed by atoms with Crippen molar-refractivity contribution in [1.29, 1.82) is 0 Å². The Labute approximate surface area is 202 Å². The first-order valence-corrected chi connectivity index (χ1v) is 12.0. The molecule has 0 aliphatic heterocycles. The van der Waals surface area contributed by atoms with Crippen LogP contribution in [0.5, 0.6) is 0 Å². The molecule has 1 atom stereocenters.